The number of hydrogen-bond acceptors (Lipinski definition) is 3. The highest BCUT2D eigenvalue weighted by Gasteiger charge is 2.12. The number of hydrazine groups is 1. The predicted molar refractivity (Wildman–Crippen MR) is 81.6 cm³/mol. The molecule has 108 valence electrons. The molecule has 0 aromatic heterocycles. The first-order chi connectivity index (χ1) is 10.1. The summed E-state index contributed by atoms with van der Waals surface area (Å²) >= 11 is 3.21. The third kappa shape index (κ3) is 4.32. The van der Waals surface area contributed by atoms with Crippen LogP contribution in [0.25, 0.3) is 0 Å². The molecule has 0 atom stereocenters. The molecular weight excluding hydrogens is 336 g/mol. The Morgan fingerprint density at radius 1 is 1.05 bits per heavy atom. The third-order valence-electron chi connectivity index (χ3n) is 2.73. The van der Waals surface area contributed by atoms with Crippen molar-refractivity contribution in [2.75, 3.05) is 0 Å². The average Bonchev–Trinajstić information content (AvgIpc) is 2.48. The molecule has 3 N–H and O–H groups in total. The zero-order chi connectivity index (χ0) is 15.2. The minimum absolute atomic E-state index is 0.0735. The number of rotatable bonds is 3. The van der Waals surface area contributed by atoms with E-state index in [2.05, 4.69) is 26.8 Å². The largest absolute Gasteiger partial charge is 0.507 e. The van der Waals surface area contributed by atoms with Crippen LogP contribution in [0.4, 0.5) is 0 Å². The van der Waals surface area contributed by atoms with Gasteiger partial charge < -0.3 is 5.11 Å². The summed E-state index contributed by atoms with van der Waals surface area (Å²) < 4.78 is 0.654. The van der Waals surface area contributed by atoms with E-state index < -0.39 is 5.91 Å². The minimum Gasteiger partial charge on any atom is -0.507 e. The van der Waals surface area contributed by atoms with Crippen molar-refractivity contribution in [1.82, 2.24) is 10.9 Å². The van der Waals surface area contributed by atoms with Crippen LogP contribution in [0.3, 0.4) is 0 Å². The normalized spacial score (nSPS) is 9.95. The summed E-state index contributed by atoms with van der Waals surface area (Å²) in [6.45, 7) is 0. The molecule has 21 heavy (non-hydrogen) atoms. The van der Waals surface area contributed by atoms with Crippen LogP contribution in [0.2, 0.25) is 0 Å². The number of carbonyl (C=O) groups is 2. The van der Waals surface area contributed by atoms with Crippen molar-refractivity contribution in [2.45, 2.75) is 6.42 Å². The van der Waals surface area contributed by atoms with Gasteiger partial charge in [0.1, 0.15) is 5.75 Å². The lowest BCUT2D eigenvalue weighted by Crippen LogP contribution is -2.42. The Morgan fingerprint density at radius 2 is 1.76 bits per heavy atom. The van der Waals surface area contributed by atoms with E-state index in [0.29, 0.717) is 4.47 Å². The van der Waals surface area contributed by atoms with Crippen LogP contribution in [0.1, 0.15) is 15.9 Å². The number of nitrogens with one attached hydrogen (secondary N) is 2. The lowest BCUT2D eigenvalue weighted by molar-refractivity contribution is -0.121. The number of benzene rings is 2. The van der Waals surface area contributed by atoms with Crippen molar-refractivity contribution >= 4 is 27.7 Å². The van der Waals surface area contributed by atoms with Gasteiger partial charge in [0, 0.05) is 4.47 Å². The van der Waals surface area contributed by atoms with E-state index in [1.54, 1.807) is 6.07 Å². The number of phenolic OH excluding ortho intramolecular Hbond substituents is 1. The van der Waals surface area contributed by atoms with Crippen LogP contribution in [-0.2, 0) is 11.2 Å². The van der Waals surface area contributed by atoms with E-state index in [-0.39, 0.29) is 23.6 Å². The van der Waals surface area contributed by atoms with Crippen LogP contribution in [0, 0.1) is 0 Å². The second-order valence-corrected chi connectivity index (χ2v) is 5.24. The van der Waals surface area contributed by atoms with Gasteiger partial charge in [0.25, 0.3) is 5.91 Å². The van der Waals surface area contributed by atoms with Crippen LogP contribution >= 0.6 is 15.9 Å². The molecule has 5 nitrogen and oxygen atoms in total. The summed E-state index contributed by atoms with van der Waals surface area (Å²) in [6.07, 6.45) is 0.158. The van der Waals surface area contributed by atoms with E-state index >= 15 is 0 Å². The highest BCUT2D eigenvalue weighted by molar-refractivity contribution is 9.10. The van der Waals surface area contributed by atoms with Crippen LogP contribution in [0.15, 0.2) is 53.0 Å². The fraction of sp³-hybridized carbons (Fsp3) is 0.0667. The molecule has 0 aliphatic heterocycles. The molecule has 0 radical (unpaired) electrons. The zero-order valence-electron chi connectivity index (χ0n) is 11.0. The van der Waals surface area contributed by atoms with Crippen LogP contribution < -0.4 is 10.9 Å². The quantitative estimate of drug-likeness (QED) is 0.743. The molecule has 0 saturated heterocycles. The second kappa shape index (κ2) is 6.90. The predicted octanol–water partition coefficient (Wildman–Crippen LogP) is 2.16. The van der Waals surface area contributed by atoms with Crippen LogP contribution in [0.5, 0.6) is 5.75 Å². The standard InChI is InChI=1S/C15H13BrN2O3/c16-11-6-7-13(19)12(9-11)15(21)18-17-14(20)8-10-4-2-1-3-5-10/h1-7,9,19H,8H2,(H,17,20)(H,18,21). The number of aromatic hydroxyl groups is 1. The molecule has 0 unspecified atom stereocenters. The second-order valence-electron chi connectivity index (χ2n) is 4.33. The fourth-order valence-electron chi connectivity index (χ4n) is 1.71. The lowest BCUT2D eigenvalue weighted by atomic mass is 10.1. The Balaban J connectivity index is 1.92. The molecule has 2 aromatic rings. The molecule has 0 saturated carbocycles. The molecule has 0 heterocycles. The summed E-state index contributed by atoms with van der Waals surface area (Å²) in [5, 5.41) is 9.61. The van der Waals surface area contributed by atoms with E-state index in [1.165, 1.54) is 12.1 Å². The number of halogens is 1. The van der Waals surface area contributed by atoms with Crippen LogP contribution in [-0.4, -0.2) is 16.9 Å². The van der Waals surface area contributed by atoms with Crippen molar-refractivity contribution in [1.29, 1.82) is 0 Å². The summed E-state index contributed by atoms with van der Waals surface area (Å²) in [5.41, 5.74) is 5.49. The monoisotopic (exact) mass is 348 g/mol. The molecule has 0 aliphatic rings. The summed E-state index contributed by atoms with van der Waals surface area (Å²) in [4.78, 5) is 23.6. The molecular formula is C15H13BrN2O3. The van der Waals surface area contributed by atoms with Crippen molar-refractivity contribution in [3.63, 3.8) is 0 Å². The van der Waals surface area contributed by atoms with E-state index in [4.69, 9.17) is 0 Å². The zero-order valence-corrected chi connectivity index (χ0v) is 12.6. The molecule has 2 rings (SSSR count). The number of carbonyl (C=O) groups excluding carboxylic acids is 2. The first-order valence-electron chi connectivity index (χ1n) is 6.18. The van der Waals surface area contributed by atoms with Crippen molar-refractivity contribution in [3.05, 3.63) is 64.1 Å². The third-order valence-corrected chi connectivity index (χ3v) is 3.22. The average molecular weight is 349 g/mol. The Kier molecular flexibility index (Phi) is 4.94. The van der Waals surface area contributed by atoms with E-state index in [0.717, 1.165) is 5.56 Å². The van der Waals surface area contributed by atoms with E-state index in [9.17, 15) is 14.7 Å². The van der Waals surface area contributed by atoms with Gasteiger partial charge in [-0.15, -0.1) is 0 Å². The van der Waals surface area contributed by atoms with Gasteiger partial charge in [-0.05, 0) is 23.8 Å². The summed E-state index contributed by atoms with van der Waals surface area (Å²) in [6, 6.07) is 13.6. The smallest absolute Gasteiger partial charge is 0.273 e. The SMILES string of the molecule is O=C(Cc1ccccc1)NNC(=O)c1cc(Br)ccc1O. The maximum atomic E-state index is 11.9. The highest BCUT2D eigenvalue weighted by atomic mass is 79.9. The van der Waals surface area contributed by atoms with Gasteiger partial charge in [-0.3, -0.25) is 20.4 Å². The van der Waals surface area contributed by atoms with Gasteiger partial charge >= 0.3 is 0 Å². The number of phenols is 1. The molecule has 0 spiro atoms. The van der Waals surface area contributed by atoms with Gasteiger partial charge in [0.2, 0.25) is 5.91 Å². The fourth-order valence-corrected chi connectivity index (χ4v) is 2.07. The Morgan fingerprint density at radius 3 is 2.48 bits per heavy atom. The van der Waals surface area contributed by atoms with Gasteiger partial charge in [-0.2, -0.15) is 0 Å². The molecule has 2 amide bonds. The molecule has 0 fully saturated rings. The van der Waals surface area contributed by atoms with E-state index in [1.807, 2.05) is 30.3 Å². The van der Waals surface area contributed by atoms with Crippen molar-refractivity contribution in [3.8, 4) is 5.75 Å². The molecule has 6 heteroatoms. The van der Waals surface area contributed by atoms with Crippen molar-refractivity contribution in [2.24, 2.45) is 0 Å². The molecule has 2 aromatic carbocycles. The summed E-state index contributed by atoms with van der Waals surface area (Å²) in [5.74, 6) is -1.09. The number of hydrogen-bond donors (Lipinski definition) is 3. The summed E-state index contributed by atoms with van der Waals surface area (Å²) in [7, 11) is 0. The van der Waals surface area contributed by atoms with Gasteiger partial charge in [0.05, 0.1) is 12.0 Å². The van der Waals surface area contributed by atoms with Gasteiger partial charge in [-0.1, -0.05) is 46.3 Å². The first kappa shape index (κ1) is 15.1. The minimum atomic E-state index is -0.588. The Hall–Kier alpha value is -2.34. The topological polar surface area (TPSA) is 78.4 Å². The maximum Gasteiger partial charge on any atom is 0.273 e. The maximum absolute atomic E-state index is 11.9. The number of amides is 2. The first-order valence-corrected chi connectivity index (χ1v) is 6.97. The highest BCUT2D eigenvalue weighted by Crippen LogP contribution is 2.21. The van der Waals surface area contributed by atoms with Gasteiger partial charge in [0.15, 0.2) is 0 Å². The molecule has 0 bridgehead atoms. The molecule has 0 aliphatic carbocycles. The van der Waals surface area contributed by atoms with Crippen molar-refractivity contribution < 1.29 is 14.7 Å². The Labute approximate surface area is 130 Å². The van der Waals surface area contributed by atoms with Gasteiger partial charge in [-0.25, -0.2) is 0 Å². The lowest BCUT2D eigenvalue weighted by Gasteiger charge is -2.09. The Bertz CT molecular complexity index is 659.